The highest BCUT2D eigenvalue weighted by Crippen LogP contribution is 2.39. The predicted octanol–water partition coefficient (Wildman–Crippen LogP) is 3.64. The lowest BCUT2D eigenvalue weighted by atomic mass is 10.1. The van der Waals surface area contributed by atoms with Gasteiger partial charge in [0.15, 0.2) is 0 Å². The van der Waals surface area contributed by atoms with Gasteiger partial charge in [-0.3, -0.25) is 9.59 Å². The topological polar surface area (TPSA) is 95.6 Å². The van der Waals surface area contributed by atoms with Crippen molar-refractivity contribution in [1.82, 2.24) is 4.72 Å². The fraction of sp³-hybridized carbons (Fsp3) is 0.391. The number of sulfonamides is 1. The van der Waals surface area contributed by atoms with E-state index < -0.39 is 10.0 Å². The molecule has 32 heavy (non-hydrogen) atoms. The van der Waals surface area contributed by atoms with Crippen molar-refractivity contribution in [2.24, 2.45) is 5.92 Å². The highest BCUT2D eigenvalue weighted by Gasteiger charge is 2.39. The van der Waals surface area contributed by atoms with E-state index >= 15 is 0 Å². The molecule has 1 atom stereocenters. The predicted molar refractivity (Wildman–Crippen MR) is 124 cm³/mol. The Morgan fingerprint density at radius 3 is 2.59 bits per heavy atom. The van der Waals surface area contributed by atoms with Crippen LogP contribution < -0.4 is 14.9 Å². The summed E-state index contributed by atoms with van der Waals surface area (Å²) in [5.74, 6) is -0.0777. The smallest absolute Gasteiger partial charge is 0.240 e. The van der Waals surface area contributed by atoms with Crippen LogP contribution in [-0.2, 0) is 26.0 Å². The van der Waals surface area contributed by atoms with Gasteiger partial charge in [0.25, 0.3) is 0 Å². The molecule has 0 unspecified atom stereocenters. The third-order valence-electron chi connectivity index (χ3n) is 5.84. The van der Waals surface area contributed by atoms with Crippen LogP contribution in [0.4, 0.5) is 11.4 Å². The van der Waals surface area contributed by atoms with Gasteiger partial charge in [0.05, 0.1) is 4.90 Å². The molecule has 2 amide bonds. The third kappa shape index (κ3) is 4.82. The number of benzene rings is 2. The van der Waals surface area contributed by atoms with E-state index in [0.717, 1.165) is 29.7 Å². The lowest BCUT2D eigenvalue weighted by Crippen LogP contribution is -2.36. The Kier molecular flexibility index (Phi) is 6.29. The number of amides is 2. The monoisotopic (exact) mass is 475 g/mol. The molecule has 1 fully saturated rings. The zero-order valence-corrected chi connectivity index (χ0v) is 19.6. The third-order valence-corrected chi connectivity index (χ3v) is 7.71. The van der Waals surface area contributed by atoms with Crippen LogP contribution in [0.2, 0.25) is 5.02 Å². The first-order valence-electron chi connectivity index (χ1n) is 10.7. The molecular formula is C23H26ClN3O4S. The number of nitrogens with one attached hydrogen (secondary N) is 2. The highest BCUT2D eigenvalue weighted by atomic mass is 35.5. The Morgan fingerprint density at radius 2 is 1.91 bits per heavy atom. The molecule has 0 spiro atoms. The lowest BCUT2D eigenvalue weighted by molar-refractivity contribution is -0.120. The zero-order chi connectivity index (χ0) is 23.0. The summed E-state index contributed by atoms with van der Waals surface area (Å²) < 4.78 is 27.9. The first-order valence-corrected chi connectivity index (χ1v) is 12.5. The zero-order valence-electron chi connectivity index (χ0n) is 18.0. The van der Waals surface area contributed by atoms with Gasteiger partial charge in [0.2, 0.25) is 21.8 Å². The van der Waals surface area contributed by atoms with Crippen LogP contribution in [0.1, 0.15) is 37.3 Å². The van der Waals surface area contributed by atoms with Crippen molar-refractivity contribution in [3.8, 4) is 0 Å². The average molecular weight is 476 g/mol. The molecule has 0 radical (unpaired) electrons. The number of carbonyl (C=O) groups is 2. The second kappa shape index (κ2) is 8.84. The molecule has 1 heterocycles. The Balaban J connectivity index is 1.36. The number of nitrogens with zero attached hydrogens (tertiary/aromatic N) is 1. The molecule has 2 aromatic rings. The van der Waals surface area contributed by atoms with Crippen molar-refractivity contribution < 1.29 is 18.0 Å². The van der Waals surface area contributed by atoms with Crippen LogP contribution in [0, 0.1) is 12.8 Å². The van der Waals surface area contributed by atoms with Crippen LogP contribution >= 0.6 is 11.6 Å². The Morgan fingerprint density at radius 1 is 1.16 bits per heavy atom. The van der Waals surface area contributed by atoms with Gasteiger partial charge in [-0.2, -0.15) is 0 Å². The van der Waals surface area contributed by atoms with Gasteiger partial charge in [-0.05, 0) is 74.6 Å². The van der Waals surface area contributed by atoms with Gasteiger partial charge < -0.3 is 10.2 Å². The van der Waals surface area contributed by atoms with Crippen molar-refractivity contribution >= 4 is 44.8 Å². The van der Waals surface area contributed by atoms with Crippen molar-refractivity contribution in [3.63, 3.8) is 0 Å². The highest BCUT2D eigenvalue weighted by molar-refractivity contribution is 7.89. The van der Waals surface area contributed by atoms with Crippen molar-refractivity contribution in [3.05, 3.63) is 52.5 Å². The second-order valence-electron chi connectivity index (χ2n) is 8.49. The van der Waals surface area contributed by atoms with Crippen molar-refractivity contribution in [1.29, 1.82) is 0 Å². The normalized spacial score (nSPS) is 17.8. The number of rotatable bonds is 7. The van der Waals surface area contributed by atoms with Gasteiger partial charge in [-0.25, -0.2) is 13.1 Å². The molecule has 9 heteroatoms. The summed E-state index contributed by atoms with van der Waals surface area (Å²) >= 11 is 6.06. The standard InChI is InChI=1S/C23H26ClN3O4S/c1-14-3-6-18(13-20(14)24)26-22(28)9-10-25-32(30,31)19-7-8-21-17(12-19)11-15(2)27(21)23(29)16-4-5-16/h3,6-8,12-13,15-16,25H,4-5,9-11H2,1-2H3,(H,26,28)/t15-/m1/s1. The molecular weight excluding hydrogens is 450 g/mol. The molecule has 0 bridgehead atoms. The molecule has 2 aliphatic rings. The molecule has 2 aromatic carbocycles. The van der Waals surface area contributed by atoms with Gasteiger partial charge >= 0.3 is 0 Å². The molecule has 1 aliphatic carbocycles. The fourth-order valence-corrected chi connectivity index (χ4v) is 5.18. The summed E-state index contributed by atoms with van der Waals surface area (Å²) in [6, 6.07) is 10.1. The Hall–Kier alpha value is -2.42. The number of halogens is 1. The van der Waals surface area contributed by atoms with Gasteiger partial charge in [0, 0.05) is 41.3 Å². The van der Waals surface area contributed by atoms with E-state index in [1.54, 1.807) is 35.2 Å². The van der Waals surface area contributed by atoms with Crippen LogP contribution in [0.3, 0.4) is 0 Å². The van der Waals surface area contributed by atoms with E-state index in [2.05, 4.69) is 10.0 Å². The molecule has 1 saturated carbocycles. The van der Waals surface area contributed by atoms with Crippen LogP contribution in [0.5, 0.6) is 0 Å². The summed E-state index contributed by atoms with van der Waals surface area (Å²) in [5.41, 5.74) is 3.11. The minimum Gasteiger partial charge on any atom is -0.326 e. The largest absolute Gasteiger partial charge is 0.326 e. The van der Waals surface area contributed by atoms with E-state index in [-0.39, 0.29) is 41.6 Å². The molecule has 4 rings (SSSR count). The van der Waals surface area contributed by atoms with E-state index in [0.29, 0.717) is 17.1 Å². The second-order valence-corrected chi connectivity index (χ2v) is 10.7. The Labute approximate surface area is 193 Å². The number of hydrogen-bond acceptors (Lipinski definition) is 4. The maximum atomic E-state index is 12.7. The van der Waals surface area contributed by atoms with Crippen molar-refractivity contribution in [2.75, 3.05) is 16.8 Å². The van der Waals surface area contributed by atoms with E-state index in [1.807, 2.05) is 13.8 Å². The van der Waals surface area contributed by atoms with Gasteiger partial charge in [0.1, 0.15) is 0 Å². The van der Waals surface area contributed by atoms with E-state index in [4.69, 9.17) is 11.6 Å². The minimum atomic E-state index is -3.78. The molecule has 170 valence electrons. The minimum absolute atomic E-state index is 0.0167. The maximum Gasteiger partial charge on any atom is 0.240 e. The number of carbonyl (C=O) groups excluding carboxylic acids is 2. The van der Waals surface area contributed by atoms with E-state index in [9.17, 15) is 18.0 Å². The molecule has 1 aliphatic heterocycles. The van der Waals surface area contributed by atoms with Crippen LogP contribution in [0.15, 0.2) is 41.3 Å². The average Bonchev–Trinajstić information content (AvgIpc) is 3.52. The summed E-state index contributed by atoms with van der Waals surface area (Å²) in [7, 11) is -3.78. The molecule has 2 N–H and O–H groups in total. The van der Waals surface area contributed by atoms with Crippen molar-refractivity contribution in [2.45, 2.75) is 50.5 Å². The van der Waals surface area contributed by atoms with Gasteiger partial charge in [-0.15, -0.1) is 0 Å². The fourth-order valence-electron chi connectivity index (χ4n) is 3.91. The lowest BCUT2D eigenvalue weighted by Gasteiger charge is -2.22. The molecule has 0 saturated heterocycles. The summed E-state index contributed by atoms with van der Waals surface area (Å²) in [5, 5.41) is 3.26. The Bertz CT molecular complexity index is 1180. The summed E-state index contributed by atoms with van der Waals surface area (Å²) in [6.07, 6.45) is 2.46. The van der Waals surface area contributed by atoms with Crippen LogP contribution in [-0.4, -0.2) is 32.8 Å². The molecule has 7 nitrogen and oxygen atoms in total. The molecule has 0 aromatic heterocycles. The van der Waals surface area contributed by atoms with E-state index in [1.165, 1.54) is 6.07 Å². The van der Waals surface area contributed by atoms with Crippen LogP contribution in [0.25, 0.3) is 0 Å². The summed E-state index contributed by atoms with van der Waals surface area (Å²) in [6.45, 7) is 3.81. The number of aryl methyl sites for hydroxylation is 1. The quantitative estimate of drug-likeness (QED) is 0.639. The number of anilines is 2. The maximum absolute atomic E-state index is 12.7. The first-order chi connectivity index (χ1) is 15.2. The first kappa shape index (κ1) is 22.8. The van der Waals surface area contributed by atoms with Gasteiger partial charge in [-0.1, -0.05) is 17.7 Å². The summed E-state index contributed by atoms with van der Waals surface area (Å²) in [4.78, 5) is 26.7. The number of fused-ring (bicyclic) bond motifs is 1. The number of hydrogen-bond donors (Lipinski definition) is 2. The SMILES string of the molecule is Cc1ccc(NC(=O)CCNS(=O)(=O)c2ccc3c(c2)C[C@@H](C)N3C(=O)C2CC2)cc1Cl.